The topological polar surface area (TPSA) is 85.8 Å². The minimum atomic E-state index is -0.305. The zero-order valence-corrected chi connectivity index (χ0v) is 11.4. The highest BCUT2D eigenvalue weighted by molar-refractivity contribution is 5.92. The highest BCUT2D eigenvalue weighted by atomic mass is 19.1. The van der Waals surface area contributed by atoms with Crippen LogP contribution in [0.3, 0.4) is 0 Å². The van der Waals surface area contributed by atoms with Gasteiger partial charge in [0.15, 0.2) is 5.69 Å². The van der Waals surface area contributed by atoms with Crippen molar-refractivity contribution in [2.75, 3.05) is 6.54 Å². The first-order valence-electron chi connectivity index (χ1n) is 6.87. The summed E-state index contributed by atoms with van der Waals surface area (Å²) >= 11 is 0. The fourth-order valence-electron chi connectivity index (χ4n) is 2.64. The van der Waals surface area contributed by atoms with Crippen LogP contribution < -0.4 is 11.1 Å². The zero-order chi connectivity index (χ0) is 14.8. The maximum absolute atomic E-state index is 13.7. The number of aromatic nitrogens is 3. The molecule has 0 saturated heterocycles. The summed E-state index contributed by atoms with van der Waals surface area (Å²) in [7, 11) is 0. The first kappa shape index (κ1) is 13.7. The van der Waals surface area contributed by atoms with Gasteiger partial charge in [0.1, 0.15) is 5.82 Å². The SMILES string of the molecule is NCCn1cc(C(=O)NC2CCc3c(F)cccc32)nn1. The lowest BCUT2D eigenvalue weighted by molar-refractivity contribution is 0.0931. The minimum absolute atomic E-state index is 0.178. The van der Waals surface area contributed by atoms with Gasteiger partial charge in [-0.1, -0.05) is 17.3 Å². The van der Waals surface area contributed by atoms with Crippen LogP contribution in [0.2, 0.25) is 0 Å². The number of nitrogens with two attached hydrogens (primary N) is 1. The number of rotatable bonds is 4. The number of hydrogen-bond donors (Lipinski definition) is 2. The van der Waals surface area contributed by atoms with E-state index in [2.05, 4.69) is 15.6 Å². The van der Waals surface area contributed by atoms with E-state index in [0.29, 0.717) is 31.5 Å². The van der Waals surface area contributed by atoms with E-state index in [4.69, 9.17) is 5.73 Å². The van der Waals surface area contributed by atoms with Gasteiger partial charge in [-0.15, -0.1) is 5.10 Å². The van der Waals surface area contributed by atoms with Gasteiger partial charge in [-0.2, -0.15) is 0 Å². The van der Waals surface area contributed by atoms with Crippen molar-refractivity contribution in [3.63, 3.8) is 0 Å². The van der Waals surface area contributed by atoms with E-state index in [1.165, 1.54) is 10.7 Å². The second-order valence-corrected chi connectivity index (χ2v) is 5.03. The van der Waals surface area contributed by atoms with Crippen LogP contribution in [0, 0.1) is 5.82 Å². The van der Waals surface area contributed by atoms with E-state index in [9.17, 15) is 9.18 Å². The Labute approximate surface area is 121 Å². The first-order chi connectivity index (χ1) is 10.2. The molecule has 2 aromatic rings. The van der Waals surface area contributed by atoms with Gasteiger partial charge in [0.2, 0.25) is 0 Å². The van der Waals surface area contributed by atoms with E-state index in [1.807, 2.05) is 6.07 Å². The maximum Gasteiger partial charge on any atom is 0.273 e. The molecule has 1 heterocycles. The van der Waals surface area contributed by atoms with Gasteiger partial charge in [-0.3, -0.25) is 9.48 Å². The predicted molar refractivity (Wildman–Crippen MR) is 74.0 cm³/mol. The molecular weight excluding hydrogens is 273 g/mol. The molecule has 1 aromatic heterocycles. The van der Waals surface area contributed by atoms with Crippen LogP contribution in [0.4, 0.5) is 4.39 Å². The molecule has 1 amide bonds. The second kappa shape index (κ2) is 5.61. The van der Waals surface area contributed by atoms with Gasteiger partial charge in [0.25, 0.3) is 5.91 Å². The number of halogens is 1. The number of fused-ring (bicyclic) bond motifs is 1. The van der Waals surface area contributed by atoms with Crippen LogP contribution in [0.5, 0.6) is 0 Å². The quantitative estimate of drug-likeness (QED) is 0.871. The van der Waals surface area contributed by atoms with Crippen molar-refractivity contribution >= 4 is 5.91 Å². The van der Waals surface area contributed by atoms with Gasteiger partial charge in [0, 0.05) is 6.54 Å². The fraction of sp³-hybridized carbons (Fsp3) is 0.357. The summed E-state index contributed by atoms with van der Waals surface area (Å²) < 4.78 is 15.2. The van der Waals surface area contributed by atoms with Crippen LogP contribution in [-0.4, -0.2) is 27.4 Å². The Kier molecular flexibility index (Phi) is 3.66. The van der Waals surface area contributed by atoms with Crippen LogP contribution in [0.25, 0.3) is 0 Å². The molecule has 0 fully saturated rings. The molecule has 1 aliphatic carbocycles. The number of nitrogens with one attached hydrogen (secondary N) is 1. The van der Waals surface area contributed by atoms with E-state index >= 15 is 0 Å². The standard InChI is InChI=1S/C14H16FN5O/c15-11-3-1-2-10-9(11)4-5-12(10)17-14(21)13-8-20(7-6-16)19-18-13/h1-3,8,12H,4-7,16H2,(H,17,21). The number of hydrogen-bond acceptors (Lipinski definition) is 4. The normalized spacial score (nSPS) is 16.8. The van der Waals surface area contributed by atoms with Gasteiger partial charge in [-0.05, 0) is 30.0 Å². The summed E-state index contributed by atoms with van der Waals surface area (Å²) in [6.45, 7) is 0.942. The van der Waals surface area contributed by atoms with Crippen molar-refractivity contribution in [2.24, 2.45) is 5.73 Å². The third-order valence-electron chi connectivity index (χ3n) is 3.65. The number of carbonyl (C=O) groups excluding carboxylic acids is 1. The van der Waals surface area contributed by atoms with Crippen molar-refractivity contribution in [1.29, 1.82) is 0 Å². The maximum atomic E-state index is 13.7. The molecule has 0 radical (unpaired) electrons. The lowest BCUT2D eigenvalue weighted by Gasteiger charge is -2.12. The molecule has 0 aliphatic heterocycles. The Hall–Kier alpha value is -2.28. The second-order valence-electron chi connectivity index (χ2n) is 5.03. The molecule has 0 spiro atoms. The van der Waals surface area contributed by atoms with Crippen LogP contribution >= 0.6 is 0 Å². The smallest absolute Gasteiger partial charge is 0.273 e. The Morgan fingerprint density at radius 3 is 3.19 bits per heavy atom. The zero-order valence-electron chi connectivity index (χ0n) is 11.4. The predicted octanol–water partition coefficient (Wildman–Crippen LogP) is 0.793. The third kappa shape index (κ3) is 2.64. The van der Waals surface area contributed by atoms with E-state index < -0.39 is 0 Å². The van der Waals surface area contributed by atoms with Crippen molar-refractivity contribution in [1.82, 2.24) is 20.3 Å². The summed E-state index contributed by atoms with van der Waals surface area (Å²) in [5, 5.41) is 10.5. The summed E-state index contributed by atoms with van der Waals surface area (Å²) in [6.07, 6.45) is 2.88. The van der Waals surface area contributed by atoms with Crippen LogP contribution in [0.15, 0.2) is 24.4 Å². The Morgan fingerprint density at radius 1 is 1.52 bits per heavy atom. The van der Waals surface area contributed by atoms with E-state index in [1.54, 1.807) is 12.3 Å². The largest absolute Gasteiger partial charge is 0.344 e. The van der Waals surface area contributed by atoms with Crippen LogP contribution in [-0.2, 0) is 13.0 Å². The van der Waals surface area contributed by atoms with Crippen molar-refractivity contribution in [3.8, 4) is 0 Å². The number of benzene rings is 1. The van der Waals surface area contributed by atoms with Gasteiger partial charge >= 0.3 is 0 Å². The average molecular weight is 289 g/mol. The van der Waals surface area contributed by atoms with Gasteiger partial charge in [0.05, 0.1) is 18.8 Å². The fourth-order valence-corrected chi connectivity index (χ4v) is 2.64. The van der Waals surface area contributed by atoms with E-state index in [0.717, 1.165) is 5.56 Å². The molecule has 110 valence electrons. The molecule has 7 heteroatoms. The molecular formula is C14H16FN5O. The average Bonchev–Trinajstić information content (AvgIpc) is 3.08. The molecule has 1 aliphatic rings. The molecule has 0 saturated carbocycles. The number of amides is 1. The summed E-state index contributed by atoms with van der Waals surface area (Å²) in [5.41, 5.74) is 7.20. The molecule has 3 N–H and O–H groups in total. The number of nitrogens with zero attached hydrogens (tertiary/aromatic N) is 3. The van der Waals surface area contributed by atoms with Crippen molar-refractivity contribution in [2.45, 2.75) is 25.4 Å². The minimum Gasteiger partial charge on any atom is -0.344 e. The monoisotopic (exact) mass is 289 g/mol. The highest BCUT2D eigenvalue weighted by Crippen LogP contribution is 2.32. The highest BCUT2D eigenvalue weighted by Gasteiger charge is 2.27. The summed E-state index contributed by atoms with van der Waals surface area (Å²) in [4.78, 5) is 12.2. The van der Waals surface area contributed by atoms with Gasteiger partial charge in [-0.25, -0.2) is 4.39 Å². The third-order valence-corrected chi connectivity index (χ3v) is 3.65. The molecule has 21 heavy (non-hydrogen) atoms. The number of carbonyl (C=O) groups is 1. The first-order valence-corrected chi connectivity index (χ1v) is 6.87. The van der Waals surface area contributed by atoms with E-state index in [-0.39, 0.29) is 23.5 Å². The summed E-state index contributed by atoms with van der Waals surface area (Å²) in [5.74, 6) is -0.515. The van der Waals surface area contributed by atoms with Crippen LogP contribution in [0.1, 0.15) is 34.1 Å². The molecule has 1 atom stereocenters. The molecule has 1 unspecified atom stereocenters. The molecule has 6 nitrogen and oxygen atoms in total. The molecule has 1 aromatic carbocycles. The van der Waals surface area contributed by atoms with Crippen molar-refractivity contribution < 1.29 is 9.18 Å². The van der Waals surface area contributed by atoms with Crippen molar-refractivity contribution in [3.05, 3.63) is 47.0 Å². The molecule has 3 rings (SSSR count). The Bertz CT molecular complexity index is 669. The lowest BCUT2D eigenvalue weighted by Crippen LogP contribution is -2.27. The lowest BCUT2D eigenvalue weighted by atomic mass is 10.1. The summed E-state index contributed by atoms with van der Waals surface area (Å²) in [6, 6.07) is 4.78. The Balaban J connectivity index is 1.73. The molecule has 0 bridgehead atoms. The van der Waals surface area contributed by atoms with Gasteiger partial charge < -0.3 is 11.1 Å². The Morgan fingerprint density at radius 2 is 2.38 bits per heavy atom.